The van der Waals surface area contributed by atoms with Crippen molar-refractivity contribution in [2.24, 2.45) is 0 Å². The molecule has 0 aliphatic heterocycles. The quantitative estimate of drug-likeness (QED) is 0.890. The Bertz CT molecular complexity index is 387. The lowest BCUT2D eigenvalue weighted by Crippen LogP contribution is -2.01. The zero-order valence-corrected chi connectivity index (χ0v) is 8.55. The van der Waals surface area contributed by atoms with Gasteiger partial charge in [0.05, 0.1) is 22.7 Å². The smallest absolute Gasteiger partial charge is 0.281 e. The van der Waals surface area contributed by atoms with Crippen LogP contribution in [0.15, 0.2) is 10.5 Å². The molecular weight excluding hydrogens is 256 g/mol. The van der Waals surface area contributed by atoms with E-state index in [4.69, 9.17) is 11.0 Å². The molecule has 6 heteroatoms. The van der Waals surface area contributed by atoms with Gasteiger partial charge < -0.3 is 5.73 Å². The lowest BCUT2D eigenvalue weighted by Gasteiger charge is -2.06. The first-order chi connectivity index (χ1) is 6.56. The molecule has 0 fully saturated rings. The standard InChI is InChI=1S/C8H6BrF2N3/c9-6-5(13)3-4(1-2-12)14-7(6)8(10)11/h3,8H,1H2,(H2,13,14). The van der Waals surface area contributed by atoms with Crippen LogP contribution in [0, 0.1) is 11.3 Å². The minimum atomic E-state index is -2.70. The molecule has 0 atom stereocenters. The molecular formula is C8H6BrF2N3. The summed E-state index contributed by atoms with van der Waals surface area (Å²) in [5, 5.41) is 8.38. The lowest BCUT2D eigenvalue weighted by molar-refractivity contribution is 0.145. The van der Waals surface area contributed by atoms with Crippen molar-refractivity contribution in [3.05, 3.63) is 21.9 Å². The Morgan fingerprint density at radius 1 is 1.64 bits per heavy atom. The predicted octanol–water partition coefficient (Wildman–Crippen LogP) is 2.43. The molecule has 0 radical (unpaired) electrons. The summed E-state index contributed by atoms with van der Waals surface area (Å²) >= 11 is 2.92. The number of hydrogen-bond acceptors (Lipinski definition) is 3. The molecule has 0 amide bonds. The van der Waals surface area contributed by atoms with E-state index in [0.717, 1.165) is 0 Å². The molecule has 1 aromatic heterocycles. The van der Waals surface area contributed by atoms with Crippen LogP contribution in [0.5, 0.6) is 0 Å². The Morgan fingerprint density at radius 2 is 2.29 bits per heavy atom. The fraction of sp³-hybridized carbons (Fsp3) is 0.250. The van der Waals surface area contributed by atoms with Gasteiger partial charge in [0.1, 0.15) is 5.69 Å². The summed E-state index contributed by atoms with van der Waals surface area (Å²) in [6.45, 7) is 0. The summed E-state index contributed by atoms with van der Waals surface area (Å²) in [7, 11) is 0. The van der Waals surface area contributed by atoms with Gasteiger partial charge in [-0.05, 0) is 22.0 Å². The Kier molecular flexibility index (Phi) is 3.36. The molecule has 1 aromatic rings. The van der Waals surface area contributed by atoms with Gasteiger partial charge in [-0.3, -0.25) is 0 Å². The number of pyridine rings is 1. The molecule has 0 spiro atoms. The van der Waals surface area contributed by atoms with Gasteiger partial charge in [0, 0.05) is 5.69 Å². The van der Waals surface area contributed by atoms with E-state index in [2.05, 4.69) is 20.9 Å². The molecule has 2 N–H and O–H groups in total. The first-order valence-corrected chi connectivity index (χ1v) is 4.45. The number of alkyl halides is 2. The maximum absolute atomic E-state index is 12.4. The SMILES string of the molecule is N#CCc1cc(N)c(Br)c(C(F)F)n1. The third-order valence-electron chi connectivity index (χ3n) is 1.53. The van der Waals surface area contributed by atoms with Crippen LogP contribution in [0.3, 0.4) is 0 Å². The molecule has 0 aliphatic carbocycles. The molecule has 0 unspecified atom stereocenters. The fourth-order valence-electron chi connectivity index (χ4n) is 0.943. The van der Waals surface area contributed by atoms with Crippen LogP contribution in [-0.4, -0.2) is 4.98 Å². The number of rotatable bonds is 2. The number of hydrogen-bond donors (Lipinski definition) is 1. The zero-order chi connectivity index (χ0) is 10.7. The highest BCUT2D eigenvalue weighted by Crippen LogP contribution is 2.30. The van der Waals surface area contributed by atoms with Crippen LogP contribution in [0.1, 0.15) is 17.8 Å². The number of aromatic nitrogens is 1. The monoisotopic (exact) mass is 261 g/mol. The van der Waals surface area contributed by atoms with Crippen LogP contribution in [0.2, 0.25) is 0 Å². The second-order valence-corrected chi connectivity index (χ2v) is 3.33. The van der Waals surface area contributed by atoms with E-state index in [0.29, 0.717) is 0 Å². The Labute approximate surface area is 87.7 Å². The highest BCUT2D eigenvalue weighted by Gasteiger charge is 2.16. The van der Waals surface area contributed by atoms with Crippen molar-refractivity contribution in [1.82, 2.24) is 4.98 Å². The number of nitrogen functional groups attached to an aromatic ring is 1. The predicted molar refractivity (Wildman–Crippen MR) is 50.6 cm³/mol. The van der Waals surface area contributed by atoms with E-state index in [1.165, 1.54) is 6.07 Å². The van der Waals surface area contributed by atoms with Crippen molar-refractivity contribution in [1.29, 1.82) is 5.26 Å². The Morgan fingerprint density at radius 3 is 2.79 bits per heavy atom. The van der Waals surface area contributed by atoms with Crippen LogP contribution >= 0.6 is 15.9 Å². The minimum Gasteiger partial charge on any atom is -0.398 e. The van der Waals surface area contributed by atoms with E-state index >= 15 is 0 Å². The highest BCUT2D eigenvalue weighted by atomic mass is 79.9. The zero-order valence-electron chi connectivity index (χ0n) is 6.97. The largest absolute Gasteiger partial charge is 0.398 e. The molecule has 0 saturated carbocycles. The number of nitriles is 1. The van der Waals surface area contributed by atoms with Crippen LogP contribution in [0.4, 0.5) is 14.5 Å². The summed E-state index contributed by atoms with van der Waals surface area (Å²) < 4.78 is 24.9. The van der Waals surface area contributed by atoms with Crippen molar-refractivity contribution in [3.63, 3.8) is 0 Å². The molecule has 0 aliphatic rings. The highest BCUT2D eigenvalue weighted by molar-refractivity contribution is 9.10. The second kappa shape index (κ2) is 4.33. The average Bonchev–Trinajstić information content (AvgIpc) is 2.11. The minimum absolute atomic E-state index is 0.0306. The van der Waals surface area contributed by atoms with Crippen molar-refractivity contribution in [2.75, 3.05) is 5.73 Å². The summed E-state index contributed by atoms with van der Waals surface area (Å²) in [6, 6.07) is 3.22. The summed E-state index contributed by atoms with van der Waals surface area (Å²) in [4.78, 5) is 3.62. The van der Waals surface area contributed by atoms with Gasteiger partial charge in [-0.25, -0.2) is 13.8 Å². The number of anilines is 1. The van der Waals surface area contributed by atoms with Gasteiger partial charge in [0.2, 0.25) is 0 Å². The van der Waals surface area contributed by atoms with Crippen molar-refractivity contribution < 1.29 is 8.78 Å². The van der Waals surface area contributed by atoms with Gasteiger partial charge >= 0.3 is 0 Å². The molecule has 1 heterocycles. The number of nitrogens with zero attached hydrogens (tertiary/aromatic N) is 2. The topological polar surface area (TPSA) is 62.7 Å². The number of halogens is 3. The summed E-state index contributed by atoms with van der Waals surface area (Å²) in [5.41, 5.74) is 5.46. The Balaban J connectivity index is 3.22. The van der Waals surface area contributed by atoms with E-state index < -0.39 is 12.1 Å². The molecule has 0 bridgehead atoms. The molecule has 1 rings (SSSR count). The van der Waals surface area contributed by atoms with Gasteiger partial charge in [-0.15, -0.1) is 0 Å². The Hall–Kier alpha value is -1.22. The number of nitrogens with two attached hydrogens (primary N) is 1. The van der Waals surface area contributed by atoms with Crippen LogP contribution < -0.4 is 5.73 Å². The molecule has 3 nitrogen and oxygen atoms in total. The normalized spacial score (nSPS) is 10.2. The molecule has 14 heavy (non-hydrogen) atoms. The lowest BCUT2D eigenvalue weighted by atomic mass is 10.2. The van der Waals surface area contributed by atoms with Gasteiger partial charge in [-0.1, -0.05) is 0 Å². The van der Waals surface area contributed by atoms with E-state index in [1.807, 2.05) is 6.07 Å². The average molecular weight is 262 g/mol. The summed E-state index contributed by atoms with van der Waals surface area (Å²) in [5.74, 6) is 0. The second-order valence-electron chi connectivity index (χ2n) is 2.54. The molecule has 74 valence electrons. The molecule has 0 aromatic carbocycles. The van der Waals surface area contributed by atoms with Gasteiger partial charge in [-0.2, -0.15) is 5.26 Å². The van der Waals surface area contributed by atoms with Crippen molar-refractivity contribution in [3.8, 4) is 6.07 Å². The van der Waals surface area contributed by atoms with E-state index in [9.17, 15) is 8.78 Å². The molecule has 0 saturated heterocycles. The van der Waals surface area contributed by atoms with Gasteiger partial charge in [0.15, 0.2) is 0 Å². The maximum Gasteiger partial charge on any atom is 0.281 e. The maximum atomic E-state index is 12.4. The third-order valence-corrected chi connectivity index (χ3v) is 2.40. The first kappa shape index (κ1) is 10.9. The van der Waals surface area contributed by atoms with Crippen LogP contribution in [0.25, 0.3) is 0 Å². The third kappa shape index (κ3) is 2.17. The fourth-order valence-corrected chi connectivity index (χ4v) is 1.32. The van der Waals surface area contributed by atoms with E-state index in [1.54, 1.807) is 0 Å². The van der Waals surface area contributed by atoms with Gasteiger partial charge in [0.25, 0.3) is 6.43 Å². The van der Waals surface area contributed by atoms with Crippen molar-refractivity contribution in [2.45, 2.75) is 12.8 Å². The first-order valence-electron chi connectivity index (χ1n) is 3.66. The van der Waals surface area contributed by atoms with E-state index in [-0.39, 0.29) is 22.3 Å². The van der Waals surface area contributed by atoms with Crippen molar-refractivity contribution >= 4 is 21.6 Å². The summed E-state index contributed by atoms with van der Waals surface area (Å²) in [6.07, 6.45) is -2.73. The van der Waals surface area contributed by atoms with Crippen LogP contribution in [-0.2, 0) is 6.42 Å².